The second-order valence-corrected chi connectivity index (χ2v) is 13.4. The van der Waals surface area contributed by atoms with Gasteiger partial charge in [-0.3, -0.25) is 0 Å². The Labute approximate surface area is 224 Å². The minimum absolute atomic E-state index is 0.313. The van der Waals surface area contributed by atoms with Gasteiger partial charge in [-0.05, 0) is 124 Å². The predicted octanol–water partition coefficient (Wildman–Crippen LogP) is 11.2. The summed E-state index contributed by atoms with van der Waals surface area (Å²) in [6.45, 7) is 12.3. The molecule has 1 fully saturated rings. The first-order valence-electron chi connectivity index (χ1n) is 15.2. The predicted molar refractivity (Wildman–Crippen MR) is 163 cm³/mol. The molecule has 0 saturated heterocycles. The highest BCUT2D eigenvalue weighted by molar-refractivity contribution is 6.24. The van der Waals surface area contributed by atoms with E-state index in [9.17, 15) is 0 Å². The maximum atomic E-state index is 2.64. The van der Waals surface area contributed by atoms with Crippen LogP contribution in [0.3, 0.4) is 0 Å². The van der Waals surface area contributed by atoms with E-state index in [1.165, 1.54) is 89.2 Å². The smallest absolute Gasteiger partial charge is 0.00237 e. The Morgan fingerprint density at radius 2 is 1.62 bits per heavy atom. The summed E-state index contributed by atoms with van der Waals surface area (Å²) in [5.41, 5.74) is 3.32. The molecule has 194 valence electrons. The van der Waals surface area contributed by atoms with Crippen LogP contribution in [0.4, 0.5) is 0 Å². The molecule has 0 amide bonds. The molecule has 0 bridgehead atoms. The van der Waals surface area contributed by atoms with Crippen LogP contribution < -0.4 is 0 Å². The van der Waals surface area contributed by atoms with E-state index < -0.39 is 0 Å². The van der Waals surface area contributed by atoms with E-state index in [-0.39, 0.29) is 0 Å². The molecule has 0 aromatic heterocycles. The lowest BCUT2D eigenvalue weighted by Gasteiger charge is -2.43. The van der Waals surface area contributed by atoms with Crippen molar-refractivity contribution < 1.29 is 0 Å². The van der Waals surface area contributed by atoms with Gasteiger partial charge in [0.1, 0.15) is 0 Å². The van der Waals surface area contributed by atoms with Crippen LogP contribution in [0, 0.1) is 36.0 Å². The molecular weight excluding hydrogens is 444 g/mol. The van der Waals surface area contributed by atoms with Crippen LogP contribution in [0.2, 0.25) is 0 Å². The van der Waals surface area contributed by atoms with Crippen LogP contribution in [-0.4, -0.2) is 0 Å². The van der Waals surface area contributed by atoms with Gasteiger partial charge in [-0.25, -0.2) is 0 Å². The zero-order valence-electron chi connectivity index (χ0n) is 23.8. The Hall–Kier alpha value is -2.34. The van der Waals surface area contributed by atoms with Crippen LogP contribution in [-0.2, 0) is 0 Å². The summed E-state index contributed by atoms with van der Waals surface area (Å²) >= 11 is 0. The van der Waals surface area contributed by atoms with E-state index in [0.29, 0.717) is 17.3 Å². The van der Waals surface area contributed by atoms with Crippen molar-refractivity contribution in [3.8, 4) is 0 Å². The van der Waals surface area contributed by atoms with E-state index in [2.05, 4.69) is 95.3 Å². The lowest BCUT2D eigenvalue weighted by molar-refractivity contribution is 0.132. The molecule has 0 nitrogen and oxygen atoms in total. The molecule has 0 radical (unpaired) electrons. The summed E-state index contributed by atoms with van der Waals surface area (Å²) in [5.74, 6) is 3.75. The number of hydrogen-bond acceptors (Lipinski definition) is 0. The first-order chi connectivity index (χ1) is 17.8. The summed E-state index contributed by atoms with van der Waals surface area (Å²) in [4.78, 5) is 0. The summed E-state index contributed by atoms with van der Waals surface area (Å²) in [7, 11) is 0. The molecule has 4 atom stereocenters. The average Bonchev–Trinajstić information content (AvgIpc) is 3.73. The van der Waals surface area contributed by atoms with Crippen LogP contribution in [0.25, 0.3) is 32.3 Å². The number of benzene rings is 4. The molecule has 4 unspecified atom stereocenters. The highest BCUT2D eigenvalue weighted by Gasteiger charge is 2.40. The van der Waals surface area contributed by atoms with Crippen LogP contribution in [0.5, 0.6) is 0 Å². The van der Waals surface area contributed by atoms with Gasteiger partial charge in [0.15, 0.2) is 0 Å². The maximum absolute atomic E-state index is 2.64. The third kappa shape index (κ3) is 4.60. The van der Waals surface area contributed by atoms with Gasteiger partial charge >= 0.3 is 0 Å². The highest BCUT2D eigenvalue weighted by atomic mass is 14.4. The third-order valence-electron chi connectivity index (χ3n) is 10.7. The molecule has 1 saturated carbocycles. The summed E-state index contributed by atoms with van der Waals surface area (Å²) in [5, 5.41) is 8.70. The van der Waals surface area contributed by atoms with E-state index in [1.807, 2.05) is 0 Å². The van der Waals surface area contributed by atoms with Gasteiger partial charge < -0.3 is 0 Å². The first-order valence-corrected chi connectivity index (χ1v) is 15.2. The maximum Gasteiger partial charge on any atom is -0.00237 e. The van der Waals surface area contributed by atoms with Crippen molar-refractivity contribution in [2.24, 2.45) is 29.1 Å². The molecule has 37 heavy (non-hydrogen) atoms. The normalized spacial score (nSPS) is 22.9. The highest BCUT2D eigenvalue weighted by Crippen LogP contribution is 2.53. The van der Waals surface area contributed by atoms with Gasteiger partial charge in [0.25, 0.3) is 0 Å². The van der Waals surface area contributed by atoms with Gasteiger partial charge in [0.05, 0.1) is 0 Å². The number of hydrogen-bond donors (Lipinski definition) is 0. The van der Waals surface area contributed by atoms with E-state index in [0.717, 1.165) is 17.8 Å². The van der Waals surface area contributed by atoms with E-state index >= 15 is 0 Å². The average molecular weight is 491 g/mol. The molecule has 6 rings (SSSR count). The first kappa shape index (κ1) is 25.0. The molecular formula is C37H46. The van der Waals surface area contributed by atoms with Crippen LogP contribution in [0.15, 0.2) is 60.7 Å². The van der Waals surface area contributed by atoms with Gasteiger partial charge in [-0.1, -0.05) is 101 Å². The fourth-order valence-electron chi connectivity index (χ4n) is 7.60. The third-order valence-corrected chi connectivity index (χ3v) is 10.7. The van der Waals surface area contributed by atoms with Gasteiger partial charge in [-0.2, -0.15) is 0 Å². The second-order valence-electron chi connectivity index (χ2n) is 13.4. The van der Waals surface area contributed by atoms with Crippen molar-refractivity contribution in [2.45, 2.75) is 91.9 Å². The van der Waals surface area contributed by atoms with Gasteiger partial charge in [0, 0.05) is 0 Å². The van der Waals surface area contributed by atoms with Crippen molar-refractivity contribution in [1.82, 2.24) is 0 Å². The minimum Gasteiger partial charge on any atom is -0.0854 e. The molecule has 0 heterocycles. The van der Waals surface area contributed by atoms with Crippen molar-refractivity contribution in [3.05, 3.63) is 71.8 Å². The Morgan fingerprint density at radius 3 is 2.35 bits per heavy atom. The minimum atomic E-state index is 0.313. The molecule has 4 aromatic carbocycles. The van der Waals surface area contributed by atoms with Crippen LogP contribution >= 0.6 is 0 Å². The van der Waals surface area contributed by atoms with Crippen molar-refractivity contribution in [3.63, 3.8) is 0 Å². The van der Waals surface area contributed by atoms with Gasteiger partial charge in [0.2, 0.25) is 0 Å². The molecule has 2 aliphatic carbocycles. The van der Waals surface area contributed by atoms with Crippen LogP contribution in [0.1, 0.15) is 96.1 Å². The molecule has 0 heteroatoms. The molecule has 4 aromatic rings. The number of aryl methyl sites for hydroxylation is 1. The zero-order chi connectivity index (χ0) is 25.7. The molecule has 0 spiro atoms. The van der Waals surface area contributed by atoms with E-state index in [1.54, 1.807) is 5.56 Å². The van der Waals surface area contributed by atoms with Crippen molar-refractivity contribution >= 4 is 32.3 Å². The SMILES string of the molecule is Cc1cc2ccc(C(CCC3C=CC(C)CC3)C(C)(CCC3CC3)C(C)C)c3ccc4cccc1c4c23. The quantitative estimate of drug-likeness (QED) is 0.162. The van der Waals surface area contributed by atoms with E-state index in [4.69, 9.17) is 0 Å². The lowest BCUT2D eigenvalue weighted by Crippen LogP contribution is -2.32. The van der Waals surface area contributed by atoms with Gasteiger partial charge in [-0.15, -0.1) is 0 Å². The number of rotatable bonds is 9. The molecule has 0 N–H and O–H groups in total. The fraction of sp³-hybridized carbons (Fsp3) is 0.514. The summed E-state index contributed by atoms with van der Waals surface area (Å²) < 4.78 is 0. The second kappa shape index (κ2) is 9.76. The number of allylic oxidation sites excluding steroid dienone is 2. The monoisotopic (exact) mass is 490 g/mol. The molecule has 2 aliphatic rings. The standard InChI is InChI=1S/C37H46/c1-24(2)37(5,22-21-28-13-14-28)34(20-15-27-11-9-25(3)10-12-27)32-18-17-30-23-26(4)31-8-6-7-29-16-19-33(32)36(30)35(29)31/h6-9,11,16-19,23-25,27-28,34H,10,12-15,20-22H2,1-5H3. The summed E-state index contributed by atoms with van der Waals surface area (Å²) in [6.07, 6.45) is 16.1. The molecule has 0 aliphatic heterocycles. The Morgan fingerprint density at radius 1 is 0.838 bits per heavy atom. The topological polar surface area (TPSA) is 0 Å². The van der Waals surface area contributed by atoms with Crippen molar-refractivity contribution in [1.29, 1.82) is 0 Å². The largest absolute Gasteiger partial charge is 0.0854 e. The zero-order valence-corrected chi connectivity index (χ0v) is 23.8. The van der Waals surface area contributed by atoms with Crippen molar-refractivity contribution in [2.75, 3.05) is 0 Å². The Kier molecular flexibility index (Phi) is 6.58. The lowest BCUT2D eigenvalue weighted by atomic mass is 9.61. The Bertz CT molecular complexity index is 1420. The summed E-state index contributed by atoms with van der Waals surface area (Å²) in [6, 6.07) is 19.1. The Balaban J connectivity index is 1.48. The fourth-order valence-corrected chi connectivity index (χ4v) is 7.60.